The van der Waals surface area contributed by atoms with Gasteiger partial charge in [-0.2, -0.15) is 0 Å². The van der Waals surface area contributed by atoms with Gasteiger partial charge in [-0.15, -0.1) is 0 Å². The van der Waals surface area contributed by atoms with Crippen molar-refractivity contribution in [2.45, 2.75) is 26.7 Å². The van der Waals surface area contributed by atoms with Gasteiger partial charge in [0.25, 0.3) is 0 Å². The molecule has 0 atom stereocenters. The second kappa shape index (κ2) is 11.1. The van der Waals surface area contributed by atoms with Gasteiger partial charge in [-0.05, 0) is 0 Å². The van der Waals surface area contributed by atoms with Crippen molar-refractivity contribution in [3.8, 4) is 0 Å². The zero-order chi connectivity index (χ0) is 11.6. The van der Waals surface area contributed by atoms with E-state index in [0.717, 1.165) is 25.9 Å². The van der Waals surface area contributed by atoms with Gasteiger partial charge < -0.3 is 0 Å². The summed E-state index contributed by atoms with van der Waals surface area (Å²) in [6, 6.07) is 0. The molecule has 82 valence electrons. The van der Waals surface area contributed by atoms with Crippen molar-refractivity contribution >= 4 is 41.6 Å². The normalized spacial score (nSPS) is 8.43. The fraction of sp³-hybridized carbons (Fsp3) is 0.750. The Bertz CT molecular complexity index is 167. The van der Waals surface area contributed by atoms with Crippen molar-refractivity contribution in [1.29, 1.82) is 0 Å². The minimum atomic E-state index is -0.458. The molecule has 0 rings (SSSR count). The third-order valence-electron chi connectivity index (χ3n) is 1.25. The molecule has 0 aromatic carbocycles. The SMILES string of the molecule is CCCN(CCC)C(=O)[Se].NC(=O)[Se]. The maximum absolute atomic E-state index is 10.8. The zero-order valence-electron chi connectivity index (χ0n) is 8.49. The number of nitrogens with zero attached hydrogens (tertiary/aromatic N) is 1. The predicted molar refractivity (Wildman–Crippen MR) is 58.6 cm³/mol. The van der Waals surface area contributed by atoms with Gasteiger partial charge >= 0.3 is 102 Å². The number of carbonyl (C=O) groups excluding carboxylic acids is 2. The molecule has 2 radical (unpaired) electrons. The Balaban J connectivity index is 0. The van der Waals surface area contributed by atoms with E-state index in [-0.39, 0.29) is 4.81 Å². The summed E-state index contributed by atoms with van der Waals surface area (Å²) in [7, 11) is 0. The Morgan fingerprint density at radius 1 is 1.14 bits per heavy atom. The van der Waals surface area contributed by atoms with Crippen LogP contribution in [0.4, 0.5) is 9.59 Å². The molecule has 4 nitrogen and oxygen atoms in total. The Hall–Kier alpha value is -0.0210. The topological polar surface area (TPSA) is 63.4 Å². The van der Waals surface area contributed by atoms with E-state index in [9.17, 15) is 4.79 Å². The zero-order valence-corrected chi connectivity index (χ0v) is 11.9. The Morgan fingerprint density at radius 2 is 1.43 bits per heavy atom. The second-order valence-electron chi connectivity index (χ2n) is 2.57. The van der Waals surface area contributed by atoms with Crippen LogP contribution in [0.5, 0.6) is 0 Å². The predicted octanol–water partition coefficient (Wildman–Crippen LogP) is 0.631. The van der Waals surface area contributed by atoms with E-state index >= 15 is 0 Å². The molecule has 0 aliphatic rings. The summed E-state index contributed by atoms with van der Waals surface area (Å²) in [6.45, 7) is 5.90. The molecule has 0 unspecified atom stereocenters. The minimum absolute atomic E-state index is 0.0729. The van der Waals surface area contributed by atoms with Gasteiger partial charge in [0.15, 0.2) is 0 Å². The molecular weight excluding hydrogens is 314 g/mol. The first-order chi connectivity index (χ1) is 6.45. The van der Waals surface area contributed by atoms with Crippen molar-refractivity contribution in [1.82, 2.24) is 4.90 Å². The van der Waals surface area contributed by atoms with E-state index in [1.54, 1.807) is 0 Å². The van der Waals surface area contributed by atoms with Crippen molar-refractivity contribution in [3.05, 3.63) is 0 Å². The van der Waals surface area contributed by atoms with E-state index in [2.05, 4.69) is 35.6 Å². The third kappa shape index (κ3) is 14.5. The molecule has 0 spiro atoms. The van der Waals surface area contributed by atoms with Gasteiger partial charge in [0.05, 0.1) is 0 Å². The van der Waals surface area contributed by atoms with Gasteiger partial charge in [0.2, 0.25) is 0 Å². The summed E-state index contributed by atoms with van der Waals surface area (Å²) in [5.41, 5.74) is 4.42. The van der Waals surface area contributed by atoms with Gasteiger partial charge in [-0.1, -0.05) is 0 Å². The molecule has 0 aliphatic heterocycles. The van der Waals surface area contributed by atoms with Crippen molar-refractivity contribution in [2.24, 2.45) is 5.73 Å². The molecule has 2 N–H and O–H groups in total. The van der Waals surface area contributed by atoms with Gasteiger partial charge in [-0.3, -0.25) is 0 Å². The number of amides is 2. The van der Waals surface area contributed by atoms with Crippen LogP contribution in [0.3, 0.4) is 0 Å². The maximum atomic E-state index is 10.8. The number of carbonyl (C=O) groups is 2. The number of rotatable bonds is 4. The van der Waals surface area contributed by atoms with E-state index < -0.39 is 4.81 Å². The Kier molecular flexibility index (Phi) is 13.0. The summed E-state index contributed by atoms with van der Waals surface area (Å²) in [4.78, 5) is 21.4. The monoisotopic (exact) mass is 332 g/mol. The number of nitrogens with two attached hydrogens (primary N) is 1. The first kappa shape index (κ1) is 16.4. The second-order valence-corrected chi connectivity index (χ2v) is 4.15. The summed E-state index contributed by atoms with van der Waals surface area (Å²) >= 11 is 4.54. The molecule has 0 saturated heterocycles. The van der Waals surface area contributed by atoms with E-state index in [1.165, 1.54) is 0 Å². The molecule has 6 heteroatoms. The van der Waals surface area contributed by atoms with Crippen LogP contribution in [0.1, 0.15) is 26.7 Å². The first-order valence-electron chi connectivity index (χ1n) is 4.38. The molecule has 2 amide bonds. The molecule has 0 aromatic rings. The van der Waals surface area contributed by atoms with Crippen molar-refractivity contribution in [2.75, 3.05) is 13.1 Å². The van der Waals surface area contributed by atoms with Crippen LogP contribution in [0.15, 0.2) is 0 Å². The molecule has 0 fully saturated rings. The van der Waals surface area contributed by atoms with Crippen LogP contribution in [0.2, 0.25) is 0 Å². The quantitative estimate of drug-likeness (QED) is 0.769. The van der Waals surface area contributed by atoms with Gasteiger partial charge in [0.1, 0.15) is 0 Å². The number of hydrogen-bond donors (Lipinski definition) is 1. The Labute approximate surface area is 102 Å². The first-order valence-corrected chi connectivity index (χ1v) is 6.09. The van der Waals surface area contributed by atoms with Gasteiger partial charge in [-0.25, -0.2) is 0 Å². The molecule has 0 saturated carbocycles. The average molecular weight is 330 g/mol. The summed E-state index contributed by atoms with van der Waals surface area (Å²) in [5.74, 6) is 0. The Morgan fingerprint density at radius 3 is 1.57 bits per heavy atom. The van der Waals surface area contributed by atoms with Crippen LogP contribution in [-0.4, -0.2) is 59.6 Å². The molecular formula is C8H16N2O2Se2. The standard InChI is InChI=1S/C7H14NOSe.CH2NOSe/c1-3-5-8(6-4-2)7(9)10;2-1(3)4/h3-6H2,1-2H3;(H2,2,3). The molecule has 14 heavy (non-hydrogen) atoms. The van der Waals surface area contributed by atoms with Gasteiger partial charge in [0, 0.05) is 0 Å². The average Bonchev–Trinajstić information content (AvgIpc) is 2.02. The van der Waals surface area contributed by atoms with Crippen molar-refractivity contribution < 1.29 is 9.59 Å². The molecule has 0 aliphatic carbocycles. The summed E-state index contributed by atoms with van der Waals surface area (Å²) in [5, 5.41) is 0. The summed E-state index contributed by atoms with van der Waals surface area (Å²) < 4.78 is 0. The van der Waals surface area contributed by atoms with Crippen LogP contribution in [0, 0.1) is 0 Å². The van der Waals surface area contributed by atoms with Crippen LogP contribution in [0.25, 0.3) is 0 Å². The van der Waals surface area contributed by atoms with E-state index in [0.29, 0.717) is 0 Å². The van der Waals surface area contributed by atoms with Crippen LogP contribution in [-0.2, 0) is 0 Å². The number of hydrogen-bond acceptors (Lipinski definition) is 2. The fourth-order valence-corrected chi connectivity index (χ4v) is 1.22. The molecule has 0 bridgehead atoms. The molecule has 0 heterocycles. The van der Waals surface area contributed by atoms with Crippen molar-refractivity contribution in [3.63, 3.8) is 0 Å². The van der Waals surface area contributed by atoms with E-state index in [4.69, 9.17) is 4.79 Å². The summed E-state index contributed by atoms with van der Waals surface area (Å²) in [6.07, 6.45) is 2.07. The van der Waals surface area contributed by atoms with Crippen LogP contribution < -0.4 is 5.73 Å². The number of primary amides is 1. The molecule has 0 aromatic heterocycles. The third-order valence-corrected chi connectivity index (χ3v) is 1.79. The fourth-order valence-electron chi connectivity index (χ4n) is 0.834. The van der Waals surface area contributed by atoms with E-state index in [1.807, 2.05) is 20.9 Å². The van der Waals surface area contributed by atoms with Crippen LogP contribution >= 0.6 is 0 Å².